The summed E-state index contributed by atoms with van der Waals surface area (Å²) in [5, 5.41) is 10.4. The van der Waals surface area contributed by atoms with Gasteiger partial charge in [0.1, 0.15) is 5.75 Å². The van der Waals surface area contributed by atoms with Gasteiger partial charge in [-0.15, -0.1) is 0 Å². The van der Waals surface area contributed by atoms with E-state index in [0.29, 0.717) is 12.4 Å². The molecule has 7 heteroatoms. The molecule has 0 atom stereocenters. The highest BCUT2D eigenvalue weighted by molar-refractivity contribution is 6.31. The number of ether oxygens (including phenoxy) is 1. The third-order valence-electron chi connectivity index (χ3n) is 4.32. The van der Waals surface area contributed by atoms with Crippen molar-refractivity contribution in [2.24, 2.45) is 0 Å². The summed E-state index contributed by atoms with van der Waals surface area (Å²) in [5.74, 6) is 0.418. The molecular weight excluding hydrogens is 385 g/mol. The zero-order valence-electron chi connectivity index (χ0n) is 16.4. The summed E-state index contributed by atoms with van der Waals surface area (Å²) >= 11 is 11.4. The first-order valence-corrected chi connectivity index (χ1v) is 9.95. The van der Waals surface area contributed by atoms with Gasteiger partial charge in [0.25, 0.3) is 0 Å². The fourth-order valence-corrected chi connectivity index (χ4v) is 3.24. The van der Waals surface area contributed by atoms with Crippen LogP contribution in [-0.4, -0.2) is 26.7 Å². The molecule has 0 amide bonds. The maximum absolute atomic E-state index is 10.3. The van der Waals surface area contributed by atoms with Crippen LogP contribution in [0.4, 0.5) is 0 Å². The summed E-state index contributed by atoms with van der Waals surface area (Å²) < 4.78 is 5.46. The summed E-state index contributed by atoms with van der Waals surface area (Å²) in [7, 11) is 0. The van der Waals surface area contributed by atoms with Crippen LogP contribution < -0.4 is 4.74 Å². The summed E-state index contributed by atoms with van der Waals surface area (Å²) in [6.07, 6.45) is 5.16. The van der Waals surface area contributed by atoms with Gasteiger partial charge in [-0.1, -0.05) is 45.7 Å². The van der Waals surface area contributed by atoms with Gasteiger partial charge in [-0.25, -0.2) is 0 Å². The third kappa shape index (κ3) is 6.82. The van der Waals surface area contributed by atoms with Crippen molar-refractivity contribution < 1.29 is 9.84 Å². The maximum Gasteiger partial charge on any atom is 0.322 e. The topological polar surface area (TPSA) is 68.1 Å². The first kappa shape index (κ1) is 21.7. The first-order valence-electron chi connectivity index (χ1n) is 9.19. The average Bonchev–Trinajstić information content (AvgIpc) is 2.55. The Kier molecular flexibility index (Phi) is 7.68. The van der Waals surface area contributed by atoms with Crippen molar-refractivity contribution in [1.82, 2.24) is 15.0 Å². The van der Waals surface area contributed by atoms with Crippen molar-refractivity contribution in [3.05, 3.63) is 39.4 Å². The smallest absolute Gasteiger partial charge is 0.322 e. The van der Waals surface area contributed by atoms with Gasteiger partial charge in [0.2, 0.25) is 10.6 Å². The summed E-state index contributed by atoms with van der Waals surface area (Å²) in [5.41, 5.74) is 3.17. The molecule has 0 aliphatic heterocycles. The Bertz CT molecular complexity index is 756. The van der Waals surface area contributed by atoms with E-state index in [2.05, 4.69) is 47.9 Å². The standard InChI is InChI=1S/C20H27Cl2N3O2/c1-13-11-14(12-15(16(13)26)20(2,3)4)9-7-5-6-8-10-27-19-24-17(21)23-18(22)25-19/h11-12,26H,5-10H2,1-4H3. The fraction of sp³-hybridized carbons (Fsp3) is 0.550. The van der Waals surface area contributed by atoms with Crippen molar-refractivity contribution in [3.63, 3.8) is 0 Å². The van der Waals surface area contributed by atoms with Crippen LogP contribution in [0.2, 0.25) is 10.6 Å². The third-order valence-corrected chi connectivity index (χ3v) is 4.66. The molecule has 0 aliphatic carbocycles. The van der Waals surface area contributed by atoms with Crippen LogP contribution in [0.5, 0.6) is 11.8 Å². The molecule has 1 aromatic heterocycles. The Morgan fingerprint density at radius 3 is 2.22 bits per heavy atom. The molecule has 0 radical (unpaired) electrons. The minimum Gasteiger partial charge on any atom is -0.507 e. The monoisotopic (exact) mass is 411 g/mol. The first-order chi connectivity index (χ1) is 12.7. The van der Waals surface area contributed by atoms with Gasteiger partial charge in [-0.2, -0.15) is 15.0 Å². The molecule has 1 N–H and O–H groups in total. The highest BCUT2D eigenvalue weighted by atomic mass is 35.5. The molecule has 0 fully saturated rings. The van der Waals surface area contributed by atoms with Crippen molar-refractivity contribution in [1.29, 1.82) is 0 Å². The SMILES string of the molecule is Cc1cc(CCCCCCOc2nc(Cl)nc(Cl)n2)cc(C(C)(C)C)c1O. The van der Waals surface area contributed by atoms with E-state index in [-0.39, 0.29) is 22.0 Å². The number of nitrogens with zero attached hydrogens (tertiary/aromatic N) is 3. The van der Waals surface area contributed by atoms with Gasteiger partial charge in [0, 0.05) is 0 Å². The lowest BCUT2D eigenvalue weighted by atomic mass is 9.83. The van der Waals surface area contributed by atoms with Crippen LogP contribution in [0.1, 0.15) is 63.1 Å². The van der Waals surface area contributed by atoms with Gasteiger partial charge >= 0.3 is 6.01 Å². The largest absolute Gasteiger partial charge is 0.507 e. The number of unbranched alkanes of at least 4 members (excludes halogenated alkanes) is 3. The van der Waals surface area contributed by atoms with Crippen molar-refractivity contribution in [2.45, 2.75) is 65.2 Å². The zero-order valence-corrected chi connectivity index (χ0v) is 17.9. The Labute approximate surface area is 171 Å². The predicted molar refractivity (Wildman–Crippen MR) is 109 cm³/mol. The number of phenolic OH excluding ortho intramolecular Hbond substituents is 1. The highest BCUT2D eigenvalue weighted by Gasteiger charge is 2.20. The number of phenols is 1. The molecule has 27 heavy (non-hydrogen) atoms. The molecule has 0 aliphatic rings. The molecular formula is C20H27Cl2N3O2. The molecule has 0 spiro atoms. The number of aromatic hydroxyl groups is 1. The van der Waals surface area contributed by atoms with E-state index in [4.69, 9.17) is 27.9 Å². The van der Waals surface area contributed by atoms with Crippen LogP contribution in [0.3, 0.4) is 0 Å². The normalized spacial score (nSPS) is 11.6. The Morgan fingerprint density at radius 2 is 1.59 bits per heavy atom. The second kappa shape index (κ2) is 9.56. The van der Waals surface area contributed by atoms with E-state index < -0.39 is 0 Å². The molecule has 1 heterocycles. The maximum atomic E-state index is 10.3. The van der Waals surface area contributed by atoms with Crippen molar-refractivity contribution >= 4 is 23.2 Å². The van der Waals surface area contributed by atoms with E-state index in [0.717, 1.165) is 43.2 Å². The number of aromatic nitrogens is 3. The molecule has 2 aromatic rings. The number of hydrogen-bond donors (Lipinski definition) is 1. The van der Waals surface area contributed by atoms with E-state index in [1.807, 2.05) is 6.92 Å². The van der Waals surface area contributed by atoms with E-state index >= 15 is 0 Å². The minimum atomic E-state index is -0.0665. The second-order valence-corrected chi connectivity index (χ2v) is 8.40. The molecule has 0 saturated heterocycles. The summed E-state index contributed by atoms with van der Waals surface area (Å²) in [6, 6.07) is 4.39. The highest BCUT2D eigenvalue weighted by Crippen LogP contribution is 2.34. The van der Waals surface area contributed by atoms with Gasteiger partial charge in [-0.05, 0) is 71.5 Å². The quantitative estimate of drug-likeness (QED) is 0.566. The van der Waals surface area contributed by atoms with E-state index in [9.17, 15) is 5.11 Å². The molecule has 0 unspecified atom stereocenters. The Morgan fingerprint density at radius 1 is 0.963 bits per heavy atom. The van der Waals surface area contributed by atoms with Gasteiger partial charge < -0.3 is 9.84 Å². The molecule has 0 saturated carbocycles. The van der Waals surface area contributed by atoms with E-state index in [1.54, 1.807) is 0 Å². The van der Waals surface area contributed by atoms with Gasteiger partial charge in [-0.3, -0.25) is 0 Å². The van der Waals surface area contributed by atoms with Crippen LogP contribution in [0.25, 0.3) is 0 Å². The molecule has 148 valence electrons. The average molecular weight is 412 g/mol. The van der Waals surface area contributed by atoms with E-state index in [1.165, 1.54) is 5.56 Å². The Balaban J connectivity index is 1.73. The molecule has 5 nitrogen and oxygen atoms in total. The van der Waals surface area contributed by atoms with Crippen LogP contribution in [0.15, 0.2) is 12.1 Å². The summed E-state index contributed by atoms with van der Waals surface area (Å²) in [6.45, 7) is 8.85. The lowest BCUT2D eigenvalue weighted by Gasteiger charge is -2.22. The van der Waals surface area contributed by atoms with Crippen LogP contribution in [0, 0.1) is 6.92 Å². The van der Waals surface area contributed by atoms with Crippen LogP contribution >= 0.6 is 23.2 Å². The number of benzene rings is 1. The number of rotatable bonds is 8. The van der Waals surface area contributed by atoms with Crippen LogP contribution in [-0.2, 0) is 11.8 Å². The Hall–Kier alpha value is -1.59. The molecule has 2 rings (SSSR count). The van der Waals surface area contributed by atoms with Gasteiger partial charge in [0.15, 0.2) is 0 Å². The molecule has 1 aromatic carbocycles. The predicted octanol–water partition coefficient (Wildman–Crippen LogP) is 5.67. The lowest BCUT2D eigenvalue weighted by Crippen LogP contribution is -2.12. The number of aryl methyl sites for hydroxylation is 2. The van der Waals surface area contributed by atoms with Crippen molar-refractivity contribution in [3.8, 4) is 11.8 Å². The zero-order chi connectivity index (χ0) is 20.0. The number of hydrogen-bond acceptors (Lipinski definition) is 5. The van der Waals surface area contributed by atoms with Gasteiger partial charge in [0.05, 0.1) is 6.61 Å². The number of halogens is 2. The molecule has 0 bridgehead atoms. The lowest BCUT2D eigenvalue weighted by molar-refractivity contribution is 0.280. The fourth-order valence-electron chi connectivity index (χ4n) is 2.89. The van der Waals surface area contributed by atoms with Crippen molar-refractivity contribution in [2.75, 3.05) is 6.61 Å². The minimum absolute atomic E-state index is 0.0313. The second-order valence-electron chi connectivity index (χ2n) is 7.73. The summed E-state index contributed by atoms with van der Waals surface area (Å²) in [4.78, 5) is 11.4.